The molecule has 0 N–H and O–H groups in total. The molecular weight excluding hydrogens is 194 g/mol. The van der Waals surface area contributed by atoms with Crippen molar-refractivity contribution in [2.24, 2.45) is 5.92 Å². The van der Waals surface area contributed by atoms with Gasteiger partial charge in [0.25, 0.3) is 0 Å². The van der Waals surface area contributed by atoms with Crippen LogP contribution < -0.4 is 0 Å². The van der Waals surface area contributed by atoms with Gasteiger partial charge in [0.1, 0.15) is 0 Å². The van der Waals surface area contributed by atoms with Gasteiger partial charge in [0.15, 0.2) is 0 Å². The second-order valence-corrected chi connectivity index (χ2v) is 5.08. The first-order valence-electron chi connectivity index (χ1n) is 7.18. The highest BCUT2D eigenvalue weighted by Crippen LogP contribution is 2.14. The summed E-state index contributed by atoms with van der Waals surface area (Å²) in [6.45, 7) is 4.45. The van der Waals surface area contributed by atoms with E-state index in [9.17, 15) is 0 Å². The van der Waals surface area contributed by atoms with Gasteiger partial charge in [-0.2, -0.15) is 5.26 Å². The average molecular weight is 223 g/mol. The van der Waals surface area contributed by atoms with Gasteiger partial charge in [-0.15, -0.1) is 0 Å². The number of rotatable bonds is 11. The molecule has 0 aliphatic carbocycles. The number of hydrogen-bond acceptors (Lipinski definition) is 1. The third kappa shape index (κ3) is 11.6. The van der Waals surface area contributed by atoms with Crippen molar-refractivity contribution >= 4 is 0 Å². The minimum atomic E-state index is 0.606. The van der Waals surface area contributed by atoms with E-state index in [-0.39, 0.29) is 0 Å². The third-order valence-electron chi connectivity index (χ3n) is 3.24. The highest BCUT2D eigenvalue weighted by atomic mass is 14.2. The maximum Gasteiger partial charge on any atom is 0.0624 e. The van der Waals surface area contributed by atoms with E-state index in [4.69, 9.17) is 5.26 Å². The van der Waals surface area contributed by atoms with Gasteiger partial charge in [-0.05, 0) is 12.3 Å². The Morgan fingerprint density at radius 3 is 1.88 bits per heavy atom. The second-order valence-electron chi connectivity index (χ2n) is 5.08. The van der Waals surface area contributed by atoms with Crippen LogP contribution in [0.15, 0.2) is 0 Å². The standard InChI is InChI=1S/C15H29N/c1-3-4-5-6-7-8-9-10-11-12-15(2)13-14-16/h15H,3-13H2,1-2H3/t15-/m1/s1. The van der Waals surface area contributed by atoms with E-state index in [1.165, 1.54) is 64.2 Å². The van der Waals surface area contributed by atoms with E-state index in [1.807, 2.05) is 0 Å². The van der Waals surface area contributed by atoms with E-state index >= 15 is 0 Å². The summed E-state index contributed by atoms with van der Waals surface area (Å²) in [6.07, 6.45) is 14.5. The van der Waals surface area contributed by atoms with Crippen molar-refractivity contribution in [2.75, 3.05) is 0 Å². The van der Waals surface area contributed by atoms with Crippen LogP contribution in [0.25, 0.3) is 0 Å². The molecule has 1 heteroatoms. The van der Waals surface area contributed by atoms with Gasteiger partial charge in [0.05, 0.1) is 6.07 Å². The summed E-state index contributed by atoms with van der Waals surface area (Å²) in [4.78, 5) is 0. The van der Waals surface area contributed by atoms with E-state index < -0.39 is 0 Å². The highest BCUT2D eigenvalue weighted by molar-refractivity contribution is 4.72. The summed E-state index contributed by atoms with van der Waals surface area (Å²) in [5.41, 5.74) is 0. The molecule has 0 saturated carbocycles. The third-order valence-corrected chi connectivity index (χ3v) is 3.24. The van der Waals surface area contributed by atoms with Crippen LogP contribution in [0.2, 0.25) is 0 Å². The van der Waals surface area contributed by atoms with Crippen molar-refractivity contribution < 1.29 is 0 Å². The predicted octanol–water partition coefficient (Wildman–Crippen LogP) is 5.46. The molecule has 0 aliphatic heterocycles. The van der Waals surface area contributed by atoms with Gasteiger partial charge < -0.3 is 0 Å². The van der Waals surface area contributed by atoms with E-state index in [2.05, 4.69) is 19.9 Å². The number of unbranched alkanes of at least 4 members (excludes halogenated alkanes) is 8. The first-order valence-corrected chi connectivity index (χ1v) is 7.18. The number of nitriles is 1. The Hall–Kier alpha value is -0.510. The Morgan fingerprint density at radius 2 is 1.38 bits per heavy atom. The van der Waals surface area contributed by atoms with Gasteiger partial charge >= 0.3 is 0 Å². The zero-order valence-electron chi connectivity index (χ0n) is 11.3. The van der Waals surface area contributed by atoms with Gasteiger partial charge in [-0.3, -0.25) is 0 Å². The molecule has 94 valence electrons. The molecular formula is C15H29N. The molecule has 0 heterocycles. The van der Waals surface area contributed by atoms with Crippen LogP contribution in [-0.2, 0) is 0 Å². The minimum absolute atomic E-state index is 0.606. The Balaban J connectivity index is 3.01. The monoisotopic (exact) mass is 223 g/mol. The first-order chi connectivity index (χ1) is 7.81. The Morgan fingerprint density at radius 1 is 0.875 bits per heavy atom. The Bertz CT molecular complexity index is 169. The van der Waals surface area contributed by atoms with Crippen LogP contribution in [0.4, 0.5) is 0 Å². The molecule has 0 aliphatic rings. The molecule has 0 aromatic heterocycles. The summed E-state index contributed by atoms with van der Waals surface area (Å²) in [5.74, 6) is 0.606. The topological polar surface area (TPSA) is 23.8 Å². The molecule has 0 rings (SSSR count). The normalized spacial score (nSPS) is 12.3. The minimum Gasteiger partial charge on any atom is -0.198 e. The summed E-state index contributed by atoms with van der Waals surface area (Å²) in [6, 6.07) is 2.25. The Labute approximate surface area is 102 Å². The number of hydrogen-bond donors (Lipinski definition) is 0. The first kappa shape index (κ1) is 15.5. The molecule has 0 amide bonds. The van der Waals surface area contributed by atoms with Crippen LogP contribution in [0.5, 0.6) is 0 Å². The number of nitrogens with zero attached hydrogens (tertiary/aromatic N) is 1. The molecule has 0 bridgehead atoms. The Kier molecular flexibility index (Phi) is 12.2. The summed E-state index contributed by atoms with van der Waals surface area (Å²) in [5, 5.41) is 8.53. The van der Waals surface area contributed by atoms with Crippen molar-refractivity contribution in [3.05, 3.63) is 0 Å². The lowest BCUT2D eigenvalue weighted by Crippen LogP contribution is -1.92. The molecule has 1 atom stereocenters. The fraction of sp³-hybridized carbons (Fsp3) is 0.933. The van der Waals surface area contributed by atoms with Crippen LogP contribution >= 0.6 is 0 Å². The smallest absolute Gasteiger partial charge is 0.0624 e. The van der Waals surface area contributed by atoms with Crippen molar-refractivity contribution in [1.29, 1.82) is 5.26 Å². The van der Waals surface area contributed by atoms with Crippen molar-refractivity contribution in [1.82, 2.24) is 0 Å². The summed E-state index contributed by atoms with van der Waals surface area (Å²) in [7, 11) is 0. The predicted molar refractivity (Wildman–Crippen MR) is 71.2 cm³/mol. The SMILES string of the molecule is CCCCCCCCCCC[C@@H](C)CC#N. The van der Waals surface area contributed by atoms with Crippen LogP contribution in [0.1, 0.15) is 84.5 Å². The molecule has 0 aromatic carbocycles. The summed E-state index contributed by atoms with van der Waals surface area (Å²) < 4.78 is 0. The van der Waals surface area contributed by atoms with Crippen LogP contribution in [0, 0.1) is 17.2 Å². The quantitative estimate of drug-likeness (QED) is 0.427. The molecule has 0 fully saturated rings. The molecule has 0 radical (unpaired) electrons. The maximum absolute atomic E-state index is 8.53. The zero-order chi connectivity index (χ0) is 12.1. The second kappa shape index (κ2) is 12.6. The van der Waals surface area contributed by atoms with Crippen LogP contribution in [-0.4, -0.2) is 0 Å². The highest BCUT2D eigenvalue weighted by Gasteiger charge is 2.00. The van der Waals surface area contributed by atoms with Gasteiger partial charge in [0.2, 0.25) is 0 Å². The van der Waals surface area contributed by atoms with Gasteiger partial charge in [0, 0.05) is 6.42 Å². The van der Waals surface area contributed by atoms with Crippen molar-refractivity contribution in [3.63, 3.8) is 0 Å². The molecule has 0 aromatic rings. The van der Waals surface area contributed by atoms with Crippen molar-refractivity contribution in [2.45, 2.75) is 84.5 Å². The lowest BCUT2D eigenvalue weighted by atomic mass is 9.99. The van der Waals surface area contributed by atoms with E-state index in [1.54, 1.807) is 0 Å². The zero-order valence-corrected chi connectivity index (χ0v) is 11.3. The van der Waals surface area contributed by atoms with Crippen LogP contribution in [0.3, 0.4) is 0 Å². The molecule has 0 unspecified atom stereocenters. The molecule has 1 nitrogen and oxygen atoms in total. The fourth-order valence-electron chi connectivity index (χ4n) is 2.06. The maximum atomic E-state index is 8.53. The van der Waals surface area contributed by atoms with E-state index in [0.717, 1.165) is 6.42 Å². The molecule has 16 heavy (non-hydrogen) atoms. The average Bonchev–Trinajstić information content (AvgIpc) is 2.27. The van der Waals surface area contributed by atoms with Gasteiger partial charge in [-0.1, -0.05) is 71.6 Å². The fourth-order valence-corrected chi connectivity index (χ4v) is 2.06. The van der Waals surface area contributed by atoms with E-state index in [0.29, 0.717) is 5.92 Å². The lowest BCUT2D eigenvalue weighted by Gasteiger charge is -2.06. The lowest BCUT2D eigenvalue weighted by molar-refractivity contribution is 0.486. The molecule has 0 saturated heterocycles. The summed E-state index contributed by atoms with van der Waals surface area (Å²) >= 11 is 0. The van der Waals surface area contributed by atoms with Crippen molar-refractivity contribution in [3.8, 4) is 6.07 Å². The largest absolute Gasteiger partial charge is 0.198 e. The van der Waals surface area contributed by atoms with Gasteiger partial charge in [-0.25, -0.2) is 0 Å². The molecule has 0 spiro atoms.